The molecule has 3 rings (SSSR count). The number of aromatic amines is 1. The summed E-state index contributed by atoms with van der Waals surface area (Å²) in [6.45, 7) is 0.819. The average molecular weight is 401 g/mol. The van der Waals surface area contributed by atoms with Gasteiger partial charge in [-0.15, -0.1) is 0 Å². The number of amides is 1. The highest BCUT2D eigenvalue weighted by atomic mass is 35.5. The molecule has 1 heterocycles. The Morgan fingerprint density at radius 2 is 2.00 bits per heavy atom. The maximum atomic E-state index is 12.9. The first-order valence-electron chi connectivity index (χ1n) is 8.73. The average Bonchev–Trinajstić information content (AvgIpc) is 3.14. The number of carbonyl (C=O) groups is 1. The van der Waals surface area contributed by atoms with Gasteiger partial charge in [0.2, 0.25) is 0 Å². The molecule has 1 saturated carbocycles. The van der Waals surface area contributed by atoms with Crippen LogP contribution in [-0.2, 0) is 6.18 Å². The van der Waals surface area contributed by atoms with Crippen molar-refractivity contribution >= 4 is 23.2 Å². The van der Waals surface area contributed by atoms with Gasteiger partial charge in [-0.3, -0.25) is 9.89 Å². The molecule has 9 heteroatoms. The summed E-state index contributed by atoms with van der Waals surface area (Å²) in [5.41, 5.74) is -0.0917. The summed E-state index contributed by atoms with van der Waals surface area (Å²) in [7, 11) is 0. The number of aromatic nitrogens is 2. The quantitative estimate of drug-likeness (QED) is 0.693. The number of H-pyrrole nitrogens is 1. The van der Waals surface area contributed by atoms with Crippen LogP contribution in [0, 0.1) is 5.92 Å². The van der Waals surface area contributed by atoms with Gasteiger partial charge in [0, 0.05) is 18.8 Å². The second kappa shape index (κ2) is 8.21. The van der Waals surface area contributed by atoms with Gasteiger partial charge in [-0.2, -0.15) is 18.3 Å². The lowest BCUT2D eigenvalue weighted by atomic mass is 9.86. The van der Waals surface area contributed by atoms with Crippen molar-refractivity contribution in [3.8, 4) is 0 Å². The van der Waals surface area contributed by atoms with Crippen molar-refractivity contribution in [2.45, 2.75) is 37.9 Å². The first-order valence-corrected chi connectivity index (χ1v) is 9.11. The van der Waals surface area contributed by atoms with Crippen LogP contribution in [0.3, 0.4) is 0 Å². The number of halogens is 4. The molecule has 0 spiro atoms. The Bertz CT molecular complexity index is 771. The van der Waals surface area contributed by atoms with Crippen LogP contribution in [0.1, 0.15) is 41.6 Å². The molecule has 0 aliphatic heterocycles. The van der Waals surface area contributed by atoms with Crippen LogP contribution in [0.15, 0.2) is 30.6 Å². The van der Waals surface area contributed by atoms with E-state index in [0.717, 1.165) is 56.1 Å². The molecule has 0 bridgehead atoms. The molecule has 1 amide bonds. The number of alkyl halides is 3. The summed E-state index contributed by atoms with van der Waals surface area (Å²) in [5, 5.41) is 12.7. The molecular weight excluding hydrogens is 381 g/mol. The summed E-state index contributed by atoms with van der Waals surface area (Å²) in [6, 6.07) is 2.72. The fourth-order valence-corrected chi connectivity index (χ4v) is 3.46. The summed E-state index contributed by atoms with van der Waals surface area (Å²) in [5.74, 6) is -0.0868. The molecule has 0 atom stereocenters. The maximum absolute atomic E-state index is 12.9. The van der Waals surface area contributed by atoms with Crippen LogP contribution < -0.4 is 10.6 Å². The number of nitrogens with one attached hydrogen (secondary N) is 3. The van der Waals surface area contributed by atoms with Gasteiger partial charge in [-0.05, 0) is 49.8 Å². The Hall–Kier alpha value is -2.22. The van der Waals surface area contributed by atoms with E-state index in [0.29, 0.717) is 5.92 Å². The van der Waals surface area contributed by atoms with Crippen molar-refractivity contribution in [3.63, 3.8) is 0 Å². The molecule has 146 valence electrons. The van der Waals surface area contributed by atoms with Gasteiger partial charge in [0.1, 0.15) is 0 Å². The van der Waals surface area contributed by atoms with Gasteiger partial charge in [0.25, 0.3) is 5.91 Å². The number of rotatable bonds is 5. The number of carbonyl (C=O) groups excluding carboxylic acids is 1. The largest absolute Gasteiger partial charge is 0.416 e. The van der Waals surface area contributed by atoms with Crippen molar-refractivity contribution in [1.29, 1.82) is 0 Å². The van der Waals surface area contributed by atoms with Crippen LogP contribution in [-0.4, -0.2) is 28.7 Å². The fraction of sp³-hybridized carbons (Fsp3) is 0.444. The minimum Gasteiger partial charge on any atom is -0.382 e. The number of hydrogen-bond donors (Lipinski definition) is 3. The van der Waals surface area contributed by atoms with E-state index in [2.05, 4.69) is 20.8 Å². The Balaban J connectivity index is 1.52. The third kappa shape index (κ3) is 5.15. The molecule has 2 aromatic rings. The standard InChI is InChI=1S/C18H20ClF3N4O/c19-16-6-3-12(18(20,21)22)7-15(16)17(27)26-13-4-1-11(2-5-13)8-23-14-9-24-25-10-14/h3,6-7,9-11,13,23H,1-2,4-5,8H2,(H,24,25)(H,26,27). The lowest BCUT2D eigenvalue weighted by Gasteiger charge is -2.29. The number of anilines is 1. The predicted molar refractivity (Wildman–Crippen MR) is 96.7 cm³/mol. The second-order valence-electron chi connectivity index (χ2n) is 6.75. The number of benzene rings is 1. The van der Waals surface area contributed by atoms with Gasteiger partial charge in [0.15, 0.2) is 0 Å². The molecule has 1 aromatic heterocycles. The minimum absolute atomic E-state index is 0.0125. The molecule has 1 aliphatic carbocycles. The SMILES string of the molecule is O=C(NC1CCC(CNc2cn[nH]c2)CC1)c1cc(C(F)(F)F)ccc1Cl. The molecule has 0 radical (unpaired) electrons. The highest BCUT2D eigenvalue weighted by Crippen LogP contribution is 2.32. The molecule has 27 heavy (non-hydrogen) atoms. The molecular formula is C18H20ClF3N4O. The topological polar surface area (TPSA) is 69.8 Å². The van der Waals surface area contributed by atoms with Gasteiger partial charge in [-0.25, -0.2) is 0 Å². The fourth-order valence-electron chi connectivity index (χ4n) is 3.26. The minimum atomic E-state index is -4.51. The first kappa shape index (κ1) is 19.5. The Morgan fingerprint density at radius 1 is 1.26 bits per heavy atom. The number of nitrogens with zero attached hydrogens (tertiary/aromatic N) is 1. The normalized spacial score (nSPS) is 20.3. The summed E-state index contributed by atoms with van der Waals surface area (Å²) in [6.07, 6.45) is 2.38. The molecule has 1 aliphatic rings. The molecule has 0 saturated heterocycles. The Labute approximate surface area is 159 Å². The smallest absolute Gasteiger partial charge is 0.382 e. The predicted octanol–water partition coefficient (Wildman–Crippen LogP) is 4.48. The summed E-state index contributed by atoms with van der Waals surface area (Å²) < 4.78 is 38.6. The first-order chi connectivity index (χ1) is 12.8. The maximum Gasteiger partial charge on any atom is 0.416 e. The van der Waals surface area contributed by atoms with Crippen molar-refractivity contribution in [2.24, 2.45) is 5.92 Å². The third-order valence-corrected chi connectivity index (χ3v) is 5.14. The van der Waals surface area contributed by atoms with E-state index in [9.17, 15) is 18.0 Å². The molecule has 5 nitrogen and oxygen atoms in total. The van der Waals surface area contributed by atoms with Crippen molar-refractivity contribution in [2.75, 3.05) is 11.9 Å². The summed E-state index contributed by atoms with van der Waals surface area (Å²) >= 11 is 5.93. The second-order valence-corrected chi connectivity index (χ2v) is 7.16. The van der Waals surface area contributed by atoms with Crippen LogP contribution in [0.5, 0.6) is 0 Å². The van der Waals surface area contributed by atoms with Crippen LogP contribution in [0.25, 0.3) is 0 Å². The van der Waals surface area contributed by atoms with E-state index in [1.807, 2.05) is 0 Å². The molecule has 1 fully saturated rings. The van der Waals surface area contributed by atoms with Gasteiger partial charge in [-0.1, -0.05) is 11.6 Å². The highest BCUT2D eigenvalue weighted by Gasteiger charge is 2.32. The van der Waals surface area contributed by atoms with Gasteiger partial charge >= 0.3 is 6.18 Å². The lowest BCUT2D eigenvalue weighted by Crippen LogP contribution is -2.38. The monoisotopic (exact) mass is 400 g/mol. The Morgan fingerprint density at radius 3 is 2.63 bits per heavy atom. The van der Waals surface area contributed by atoms with Crippen LogP contribution in [0.4, 0.5) is 18.9 Å². The molecule has 0 unspecified atom stereocenters. The van der Waals surface area contributed by atoms with E-state index < -0.39 is 17.6 Å². The van der Waals surface area contributed by atoms with Crippen LogP contribution in [0.2, 0.25) is 5.02 Å². The highest BCUT2D eigenvalue weighted by molar-refractivity contribution is 6.33. The number of hydrogen-bond acceptors (Lipinski definition) is 3. The zero-order chi connectivity index (χ0) is 19.4. The zero-order valence-corrected chi connectivity index (χ0v) is 15.2. The Kier molecular flexibility index (Phi) is 5.94. The van der Waals surface area contributed by atoms with E-state index >= 15 is 0 Å². The van der Waals surface area contributed by atoms with E-state index in [-0.39, 0.29) is 16.6 Å². The summed E-state index contributed by atoms with van der Waals surface area (Å²) in [4.78, 5) is 12.4. The zero-order valence-electron chi connectivity index (χ0n) is 14.4. The van der Waals surface area contributed by atoms with Gasteiger partial charge < -0.3 is 10.6 Å². The van der Waals surface area contributed by atoms with Crippen molar-refractivity contribution in [1.82, 2.24) is 15.5 Å². The molecule has 3 N–H and O–H groups in total. The van der Waals surface area contributed by atoms with Crippen LogP contribution >= 0.6 is 11.6 Å². The van der Waals surface area contributed by atoms with E-state index in [1.54, 1.807) is 12.4 Å². The van der Waals surface area contributed by atoms with E-state index in [1.165, 1.54) is 0 Å². The third-order valence-electron chi connectivity index (χ3n) is 4.81. The molecule has 1 aromatic carbocycles. The van der Waals surface area contributed by atoms with Gasteiger partial charge in [0.05, 0.1) is 28.0 Å². The van der Waals surface area contributed by atoms with Crippen molar-refractivity contribution < 1.29 is 18.0 Å². The van der Waals surface area contributed by atoms with E-state index in [4.69, 9.17) is 11.6 Å². The lowest BCUT2D eigenvalue weighted by molar-refractivity contribution is -0.137. The van der Waals surface area contributed by atoms with Crippen molar-refractivity contribution in [3.05, 3.63) is 46.7 Å².